The van der Waals surface area contributed by atoms with Gasteiger partial charge in [0.05, 0.1) is 6.42 Å². The molecule has 9 heteroatoms. The van der Waals surface area contributed by atoms with Gasteiger partial charge in [0, 0.05) is 28.8 Å². The molecule has 28 heavy (non-hydrogen) atoms. The van der Waals surface area contributed by atoms with Gasteiger partial charge in [-0.15, -0.1) is 0 Å². The molecule has 3 aromatic rings. The van der Waals surface area contributed by atoms with Gasteiger partial charge in [0.15, 0.2) is 0 Å². The summed E-state index contributed by atoms with van der Waals surface area (Å²) in [5, 5.41) is 13.6. The quantitative estimate of drug-likeness (QED) is 0.641. The van der Waals surface area contributed by atoms with E-state index in [1.165, 1.54) is 6.07 Å². The Labute approximate surface area is 167 Å². The number of hydrogen-bond donors (Lipinski definition) is 2. The summed E-state index contributed by atoms with van der Waals surface area (Å²) in [6.45, 7) is 0.743. The van der Waals surface area contributed by atoms with Gasteiger partial charge in [-0.2, -0.15) is 5.10 Å². The molecule has 0 saturated heterocycles. The predicted octanol–water partition coefficient (Wildman–Crippen LogP) is 2.93. The summed E-state index contributed by atoms with van der Waals surface area (Å²) in [6, 6.07) is 10.1. The molecule has 1 saturated carbocycles. The van der Waals surface area contributed by atoms with E-state index in [2.05, 4.69) is 10.4 Å². The molecule has 3 N–H and O–H groups in total. The van der Waals surface area contributed by atoms with E-state index in [0.717, 1.165) is 19.4 Å². The van der Waals surface area contributed by atoms with Gasteiger partial charge in [-0.1, -0.05) is 29.8 Å². The average molecular weight is 419 g/mol. The van der Waals surface area contributed by atoms with Crippen LogP contribution in [0.2, 0.25) is 5.02 Å². The van der Waals surface area contributed by atoms with Crippen molar-refractivity contribution >= 4 is 44.1 Å². The van der Waals surface area contributed by atoms with Gasteiger partial charge in [0.25, 0.3) is 0 Å². The summed E-state index contributed by atoms with van der Waals surface area (Å²) in [5.41, 5.74) is 1.35. The molecule has 1 aliphatic rings. The molecule has 1 aromatic heterocycles. The minimum atomic E-state index is -4.00. The van der Waals surface area contributed by atoms with Crippen molar-refractivity contribution in [2.24, 2.45) is 11.1 Å². The van der Waals surface area contributed by atoms with Gasteiger partial charge >= 0.3 is 0 Å². The Balaban J connectivity index is 1.64. The molecular formula is C19H19ClN4O3S. The third kappa shape index (κ3) is 4.19. The predicted molar refractivity (Wildman–Crippen MR) is 108 cm³/mol. The lowest BCUT2D eigenvalue weighted by Gasteiger charge is -2.08. The number of carbonyl (C=O) groups is 1. The molecule has 0 unspecified atom stereocenters. The lowest BCUT2D eigenvalue weighted by Crippen LogP contribution is -2.17. The van der Waals surface area contributed by atoms with Crippen LogP contribution in [0.3, 0.4) is 0 Å². The summed E-state index contributed by atoms with van der Waals surface area (Å²) in [6.07, 6.45) is 4.17. The highest BCUT2D eigenvalue weighted by atomic mass is 35.5. The van der Waals surface area contributed by atoms with Crippen LogP contribution in [0.4, 0.5) is 5.69 Å². The Morgan fingerprint density at radius 3 is 2.71 bits per heavy atom. The molecule has 0 aliphatic heterocycles. The molecule has 7 nitrogen and oxygen atoms in total. The summed E-state index contributed by atoms with van der Waals surface area (Å²) >= 11 is 6.10. The molecular weight excluding hydrogens is 400 g/mol. The molecule has 1 heterocycles. The van der Waals surface area contributed by atoms with Crippen molar-refractivity contribution in [2.75, 3.05) is 5.32 Å². The first kappa shape index (κ1) is 18.9. The first-order valence-corrected chi connectivity index (χ1v) is 10.8. The van der Waals surface area contributed by atoms with E-state index in [1.54, 1.807) is 41.2 Å². The van der Waals surface area contributed by atoms with Crippen LogP contribution >= 0.6 is 11.6 Å². The fourth-order valence-electron chi connectivity index (χ4n) is 3.12. The number of nitrogens with two attached hydrogens (primary N) is 1. The number of fused-ring (bicyclic) bond motifs is 1. The second-order valence-electron chi connectivity index (χ2n) is 7.07. The lowest BCUT2D eigenvalue weighted by atomic mass is 10.1. The minimum Gasteiger partial charge on any atom is -0.326 e. The zero-order valence-corrected chi connectivity index (χ0v) is 16.5. The number of benzene rings is 2. The molecule has 1 amide bonds. The molecule has 146 valence electrons. The number of nitrogens with one attached hydrogen (secondary N) is 1. The smallest absolute Gasteiger partial charge is 0.240 e. The molecule has 1 aliphatic carbocycles. The topological polar surface area (TPSA) is 107 Å². The number of hydrogen-bond acceptors (Lipinski definition) is 4. The van der Waals surface area contributed by atoms with E-state index in [4.69, 9.17) is 16.7 Å². The standard InChI is InChI=1S/C19H19ClN4O3S/c20-16-4-2-1-3-13(16)8-18(25)22-15-7-14-11-24(10-12-5-6-12)23-19(14)17(9-15)28(21,26)27/h1-4,7,9,11-12H,5-6,8,10H2,(H,22,25)(H2,21,26,27). The number of nitrogens with zero attached hydrogens (tertiary/aromatic N) is 2. The fourth-order valence-corrected chi connectivity index (χ4v) is 4.04. The SMILES string of the molecule is NS(=O)(=O)c1cc(NC(=O)Cc2ccccc2Cl)cc2cn(CC3CC3)nc12. The number of sulfonamides is 1. The van der Waals surface area contributed by atoms with Crippen LogP contribution in [-0.4, -0.2) is 24.1 Å². The van der Waals surface area contributed by atoms with Crippen molar-refractivity contribution in [3.63, 3.8) is 0 Å². The second kappa shape index (κ2) is 7.20. The minimum absolute atomic E-state index is 0.0728. The Morgan fingerprint density at radius 1 is 1.29 bits per heavy atom. The van der Waals surface area contributed by atoms with Crippen LogP contribution in [0.25, 0.3) is 10.9 Å². The van der Waals surface area contributed by atoms with Crippen molar-refractivity contribution in [1.29, 1.82) is 0 Å². The van der Waals surface area contributed by atoms with Crippen molar-refractivity contribution in [3.8, 4) is 0 Å². The monoisotopic (exact) mass is 418 g/mol. The molecule has 0 radical (unpaired) electrons. The molecule has 1 fully saturated rings. The Hall–Kier alpha value is -2.42. The third-order valence-electron chi connectivity index (χ3n) is 4.66. The average Bonchev–Trinajstić information content (AvgIpc) is 3.32. The van der Waals surface area contributed by atoms with Crippen LogP contribution in [0.1, 0.15) is 18.4 Å². The van der Waals surface area contributed by atoms with Crippen LogP contribution in [0, 0.1) is 5.92 Å². The number of amides is 1. The number of halogens is 1. The maximum absolute atomic E-state index is 12.4. The summed E-state index contributed by atoms with van der Waals surface area (Å²) in [4.78, 5) is 12.3. The number of primary sulfonamides is 1. The van der Waals surface area contributed by atoms with Crippen LogP contribution < -0.4 is 10.5 Å². The fraction of sp³-hybridized carbons (Fsp3) is 0.263. The summed E-state index contributed by atoms with van der Waals surface area (Å²) in [5.74, 6) is 0.278. The summed E-state index contributed by atoms with van der Waals surface area (Å²) < 4.78 is 25.9. The molecule has 0 bridgehead atoms. The van der Waals surface area contributed by atoms with Crippen molar-refractivity contribution in [3.05, 3.63) is 53.2 Å². The maximum atomic E-state index is 12.4. The molecule has 0 atom stereocenters. The van der Waals surface area contributed by atoms with Crippen LogP contribution in [-0.2, 0) is 27.8 Å². The third-order valence-corrected chi connectivity index (χ3v) is 5.96. The molecule has 2 aromatic carbocycles. The van der Waals surface area contributed by atoms with E-state index < -0.39 is 10.0 Å². The van der Waals surface area contributed by atoms with Gasteiger partial charge in [0.2, 0.25) is 15.9 Å². The highest BCUT2D eigenvalue weighted by Gasteiger charge is 2.24. The highest BCUT2D eigenvalue weighted by Crippen LogP contribution is 2.32. The van der Waals surface area contributed by atoms with Crippen LogP contribution in [0.15, 0.2) is 47.5 Å². The first-order valence-electron chi connectivity index (χ1n) is 8.87. The van der Waals surface area contributed by atoms with Gasteiger partial charge in [-0.3, -0.25) is 9.48 Å². The number of anilines is 1. The number of carbonyl (C=O) groups excluding carboxylic acids is 1. The summed E-state index contributed by atoms with van der Waals surface area (Å²) in [7, 11) is -4.00. The maximum Gasteiger partial charge on any atom is 0.240 e. The van der Waals surface area contributed by atoms with Crippen LogP contribution in [0.5, 0.6) is 0 Å². The normalized spacial score (nSPS) is 14.4. The van der Waals surface area contributed by atoms with Gasteiger partial charge < -0.3 is 5.32 Å². The van der Waals surface area contributed by atoms with E-state index in [-0.39, 0.29) is 17.2 Å². The van der Waals surface area contributed by atoms with E-state index in [9.17, 15) is 13.2 Å². The van der Waals surface area contributed by atoms with E-state index >= 15 is 0 Å². The van der Waals surface area contributed by atoms with Gasteiger partial charge in [-0.05, 0) is 42.5 Å². The lowest BCUT2D eigenvalue weighted by molar-refractivity contribution is -0.115. The Kier molecular flexibility index (Phi) is 4.86. The first-order chi connectivity index (χ1) is 13.3. The van der Waals surface area contributed by atoms with Crippen molar-refractivity contribution in [1.82, 2.24) is 9.78 Å². The Morgan fingerprint density at radius 2 is 2.04 bits per heavy atom. The van der Waals surface area contributed by atoms with E-state index in [0.29, 0.717) is 33.1 Å². The zero-order valence-electron chi connectivity index (χ0n) is 14.9. The Bertz CT molecular complexity index is 1170. The molecule has 0 spiro atoms. The largest absolute Gasteiger partial charge is 0.326 e. The van der Waals surface area contributed by atoms with Gasteiger partial charge in [-0.25, -0.2) is 13.6 Å². The zero-order chi connectivity index (χ0) is 19.9. The van der Waals surface area contributed by atoms with E-state index in [1.807, 2.05) is 0 Å². The second-order valence-corrected chi connectivity index (χ2v) is 9.01. The van der Waals surface area contributed by atoms with Crippen molar-refractivity contribution in [2.45, 2.75) is 30.7 Å². The number of aromatic nitrogens is 2. The number of rotatable bonds is 6. The van der Waals surface area contributed by atoms with Gasteiger partial charge in [0.1, 0.15) is 10.4 Å². The molecule has 4 rings (SSSR count). The van der Waals surface area contributed by atoms with Crippen molar-refractivity contribution < 1.29 is 13.2 Å². The highest BCUT2D eigenvalue weighted by molar-refractivity contribution is 7.89.